The molecule has 0 bridgehead atoms. The van der Waals surface area contributed by atoms with E-state index in [0.717, 1.165) is 0 Å². The lowest BCUT2D eigenvalue weighted by molar-refractivity contribution is -0.384. The molecule has 1 N–H and O–H groups in total. The fourth-order valence-electron chi connectivity index (χ4n) is 1.79. The van der Waals surface area contributed by atoms with Crippen LogP contribution in [0.4, 0.5) is 5.69 Å². The van der Waals surface area contributed by atoms with E-state index >= 15 is 0 Å². The summed E-state index contributed by atoms with van der Waals surface area (Å²) >= 11 is 0. The first-order valence-corrected chi connectivity index (χ1v) is 6.16. The monoisotopic (exact) mass is 266 g/mol. The van der Waals surface area contributed by atoms with E-state index in [1.807, 2.05) is 6.92 Å². The highest BCUT2D eigenvalue weighted by molar-refractivity contribution is 5.96. The zero-order valence-electron chi connectivity index (χ0n) is 11.1. The third kappa shape index (κ3) is 3.75. The zero-order valence-corrected chi connectivity index (χ0v) is 11.1. The summed E-state index contributed by atoms with van der Waals surface area (Å²) in [4.78, 5) is 24.1. The number of amides is 1. The lowest BCUT2D eigenvalue weighted by Gasteiger charge is -2.21. The second kappa shape index (κ2) is 6.84. The van der Waals surface area contributed by atoms with Crippen LogP contribution in [-0.4, -0.2) is 40.5 Å². The molecule has 0 heterocycles. The first-order chi connectivity index (χ1) is 9.01. The Balaban J connectivity index is 3.02. The molecule has 0 radical (unpaired) electrons. The van der Waals surface area contributed by atoms with E-state index in [9.17, 15) is 14.9 Å². The summed E-state index contributed by atoms with van der Waals surface area (Å²) in [5.74, 6) is -0.239. The molecule has 6 heteroatoms. The van der Waals surface area contributed by atoms with Crippen LogP contribution in [0, 0.1) is 17.0 Å². The van der Waals surface area contributed by atoms with Crippen molar-refractivity contribution in [3.8, 4) is 0 Å². The molecule has 0 saturated heterocycles. The van der Waals surface area contributed by atoms with Gasteiger partial charge in [-0.05, 0) is 25.8 Å². The van der Waals surface area contributed by atoms with Crippen molar-refractivity contribution in [3.05, 3.63) is 39.4 Å². The van der Waals surface area contributed by atoms with Crippen LogP contribution in [0.2, 0.25) is 0 Å². The third-order valence-corrected chi connectivity index (χ3v) is 2.92. The number of nitro benzene ring substituents is 1. The lowest BCUT2D eigenvalue weighted by atomic mass is 10.1. The summed E-state index contributed by atoms with van der Waals surface area (Å²) in [6.07, 6.45) is 0.494. The molecule has 0 spiro atoms. The van der Waals surface area contributed by atoms with Gasteiger partial charge in [0.15, 0.2) is 0 Å². The minimum absolute atomic E-state index is 0.0116. The summed E-state index contributed by atoms with van der Waals surface area (Å²) in [6.45, 7) is 4.53. The Kier molecular flexibility index (Phi) is 5.44. The fourth-order valence-corrected chi connectivity index (χ4v) is 1.79. The molecule has 1 aromatic carbocycles. The number of aliphatic hydroxyl groups excluding tert-OH is 1. The highest BCUT2D eigenvalue weighted by Crippen LogP contribution is 2.19. The largest absolute Gasteiger partial charge is 0.396 e. The van der Waals surface area contributed by atoms with Gasteiger partial charge in [-0.2, -0.15) is 0 Å². The lowest BCUT2D eigenvalue weighted by Crippen LogP contribution is -2.32. The van der Waals surface area contributed by atoms with Crippen molar-refractivity contribution in [2.24, 2.45) is 0 Å². The Morgan fingerprint density at radius 2 is 2.16 bits per heavy atom. The maximum Gasteiger partial charge on any atom is 0.270 e. The Morgan fingerprint density at radius 1 is 1.47 bits per heavy atom. The fraction of sp³-hybridized carbons (Fsp3) is 0.462. The van der Waals surface area contributed by atoms with E-state index in [1.54, 1.807) is 17.9 Å². The van der Waals surface area contributed by atoms with Crippen molar-refractivity contribution in [3.63, 3.8) is 0 Å². The molecule has 0 aromatic heterocycles. The van der Waals surface area contributed by atoms with Gasteiger partial charge in [-0.15, -0.1) is 0 Å². The Hall–Kier alpha value is -1.95. The van der Waals surface area contributed by atoms with Gasteiger partial charge in [0, 0.05) is 37.4 Å². The quantitative estimate of drug-likeness (QED) is 0.628. The van der Waals surface area contributed by atoms with Crippen LogP contribution < -0.4 is 0 Å². The van der Waals surface area contributed by atoms with Crippen LogP contribution in [0.15, 0.2) is 18.2 Å². The number of aliphatic hydroxyl groups is 1. The molecule has 0 atom stereocenters. The Labute approximate surface area is 111 Å². The number of nitrogens with zero attached hydrogens (tertiary/aromatic N) is 2. The number of carbonyl (C=O) groups excluding carboxylic acids is 1. The molecule has 6 nitrogen and oxygen atoms in total. The number of rotatable bonds is 6. The number of hydrogen-bond donors (Lipinski definition) is 1. The Morgan fingerprint density at radius 3 is 2.68 bits per heavy atom. The van der Waals surface area contributed by atoms with Crippen LogP contribution in [0.5, 0.6) is 0 Å². The molecule has 19 heavy (non-hydrogen) atoms. The van der Waals surface area contributed by atoms with Gasteiger partial charge in [-0.25, -0.2) is 0 Å². The average Bonchev–Trinajstić information content (AvgIpc) is 2.39. The van der Waals surface area contributed by atoms with E-state index in [4.69, 9.17) is 5.11 Å². The second-order valence-electron chi connectivity index (χ2n) is 4.22. The highest BCUT2D eigenvalue weighted by Gasteiger charge is 2.19. The maximum atomic E-state index is 12.3. The number of benzene rings is 1. The predicted octanol–water partition coefficient (Wildman–Crippen LogP) is 1.75. The van der Waals surface area contributed by atoms with Crippen LogP contribution >= 0.6 is 0 Å². The summed E-state index contributed by atoms with van der Waals surface area (Å²) in [6, 6.07) is 4.26. The minimum Gasteiger partial charge on any atom is -0.396 e. The van der Waals surface area contributed by atoms with E-state index in [0.29, 0.717) is 30.6 Å². The number of carbonyl (C=O) groups is 1. The number of nitro groups is 1. The summed E-state index contributed by atoms with van der Waals surface area (Å²) in [5.41, 5.74) is 0.958. The standard InChI is InChI=1S/C13H18N2O4/c1-3-14(7-4-8-16)13(17)12-9-11(15(18)19)6-5-10(12)2/h5-6,9,16H,3-4,7-8H2,1-2H3. The first kappa shape index (κ1) is 15.1. The van der Waals surface area contributed by atoms with Crippen molar-refractivity contribution in [2.75, 3.05) is 19.7 Å². The second-order valence-corrected chi connectivity index (χ2v) is 4.22. The summed E-state index contributed by atoms with van der Waals surface area (Å²) in [7, 11) is 0. The van der Waals surface area contributed by atoms with E-state index in [1.165, 1.54) is 12.1 Å². The van der Waals surface area contributed by atoms with Crippen molar-refractivity contribution in [1.29, 1.82) is 0 Å². The van der Waals surface area contributed by atoms with Crippen molar-refractivity contribution in [1.82, 2.24) is 4.90 Å². The zero-order chi connectivity index (χ0) is 14.4. The summed E-state index contributed by atoms with van der Waals surface area (Å²) in [5, 5.41) is 19.6. The molecule has 1 rings (SSSR count). The smallest absolute Gasteiger partial charge is 0.270 e. The van der Waals surface area contributed by atoms with E-state index < -0.39 is 4.92 Å². The maximum absolute atomic E-state index is 12.3. The molecule has 1 amide bonds. The molecule has 0 unspecified atom stereocenters. The van der Waals surface area contributed by atoms with Crippen molar-refractivity contribution in [2.45, 2.75) is 20.3 Å². The molecule has 0 aliphatic rings. The molecular formula is C13H18N2O4. The summed E-state index contributed by atoms with van der Waals surface area (Å²) < 4.78 is 0. The van der Waals surface area contributed by atoms with Gasteiger partial charge in [0.1, 0.15) is 0 Å². The molecule has 0 fully saturated rings. The number of non-ortho nitro benzene ring substituents is 1. The third-order valence-electron chi connectivity index (χ3n) is 2.92. The van der Waals surface area contributed by atoms with Gasteiger partial charge in [-0.3, -0.25) is 14.9 Å². The van der Waals surface area contributed by atoms with Gasteiger partial charge >= 0.3 is 0 Å². The van der Waals surface area contributed by atoms with Gasteiger partial charge in [0.25, 0.3) is 11.6 Å². The van der Waals surface area contributed by atoms with Gasteiger partial charge in [0.05, 0.1) is 4.92 Å². The minimum atomic E-state index is -0.514. The topological polar surface area (TPSA) is 83.7 Å². The van der Waals surface area contributed by atoms with Crippen molar-refractivity contribution >= 4 is 11.6 Å². The molecule has 1 aromatic rings. The van der Waals surface area contributed by atoms with Gasteiger partial charge in [0.2, 0.25) is 0 Å². The molecule has 0 aliphatic heterocycles. The normalized spacial score (nSPS) is 10.3. The van der Waals surface area contributed by atoms with Gasteiger partial charge < -0.3 is 10.0 Å². The number of aryl methyl sites for hydroxylation is 1. The average molecular weight is 266 g/mol. The highest BCUT2D eigenvalue weighted by atomic mass is 16.6. The predicted molar refractivity (Wildman–Crippen MR) is 71.1 cm³/mol. The first-order valence-electron chi connectivity index (χ1n) is 6.16. The van der Waals surface area contributed by atoms with E-state index in [-0.39, 0.29) is 18.2 Å². The molecule has 104 valence electrons. The molecule has 0 saturated carbocycles. The SMILES string of the molecule is CCN(CCCO)C(=O)c1cc([N+](=O)[O-])ccc1C. The molecular weight excluding hydrogens is 248 g/mol. The van der Waals surface area contributed by atoms with Crippen molar-refractivity contribution < 1.29 is 14.8 Å². The van der Waals surface area contributed by atoms with Crippen LogP contribution in [0.3, 0.4) is 0 Å². The number of hydrogen-bond acceptors (Lipinski definition) is 4. The van der Waals surface area contributed by atoms with Crippen LogP contribution in [0.25, 0.3) is 0 Å². The molecule has 0 aliphatic carbocycles. The van der Waals surface area contributed by atoms with Crippen LogP contribution in [0.1, 0.15) is 29.3 Å². The van der Waals surface area contributed by atoms with Gasteiger partial charge in [-0.1, -0.05) is 6.07 Å². The Bertz CT molecular complexity index is 474. The van der Waals surface area contributed by atoms with E-state index in [2.05, 4.69) is 0 Å². The van der Waals surface area contributed by atoms with Crippen LogP contribution in [-0.2, 0) is 0 Å².